The van der Waals surface area contributed by atoms with E-state index in [1.165, 1.54) is 5.56 Å². The van der Waals surface area contributed by atoms with Crippen LogP contribution in [0.4, 0.5) is 0 Å². The van der Waals surface area contributed by atoms with E-state index < -0.39 is 0 Å². The Balaban J connectivity index is 1.12. The van der Waals surface area contributed by atoms with Crippen LogP contribution in [-0.4, -0.2) is 44.7 Å². The number of methoxy groups -OCH3 is 2. The summed E-state index contributed by atoms with van der Waals surface area (Å²) in [5.74, 6) is 3.65. The monoisotopic (exact) mass is 498 g/mol. The number of nitrogens with zero attached hydrogens (tertiary/aromatic N) is 1. The smallest absolute Gasteiger partial charge is 0.244 e. The fourth-order valence-corrected chi connectivity index (χ4v) is 5.23. The highest BCUT2D eigenvalue weighted by Gasteiger charge is 2.23. The number of hydrogen-bond acceptors (Lipinski definition) is 5. The van der Waals surface area contributed by atoms with E-state index in [0.29, 0.717) is 12.5 Å². The first-order valence-electron chi connectivity index (χ1n) is 12.9. The summed E-state index contributed by atoms with van der Waals surface area (Å²) in [5, 5.41) is 3.12. The second-order valence-corrected chi connectivity index (χ2v) is 9.64. The van der Waals surface area contributed by atoms with Gasteiger partial charge < -0.3 is 19.5 Å². The minimum atomic E-state index is -0.0626. The van der Waals surface area contributed by atoms with Gasteiger partial charge in [0.25, 0.3) is 0 Å². The molecule has 3 aromatic carbocycles. The van der Waals surface area contributed by atoms with Gasteiger partial charge in [-0.1, -0.05) is 42.5 Å². The number of carbonyl (C=O) groups excluding carboxylic acids is 1. The fourth-order valence-electron chi connectivity index (χ4n) is 5.23. The zero-order valence-corrected chi connectivity index (χ0v) is 21.5. The summed E-state index contributed by atoms with van der Waals surface area (Å²) in [6.45, 7) is 3.71. The molecule has 0 radical (unpaired) electrons. The lowest BCUT2D eigenvalue weighted by atomic mass is 9.93. The lowest BCUT2D eigenvalue weighted by Gasteiger charge is -2.32. The van der Waals surface area contributed by atoms with E-state index in [4.69, 9.17) is 14.2 Å². The van der Waals surface area contributed by atoms with Crippen molar-refractivity contribution in [1.29, 1.82) is 0 Å². The largest absolute Gasteiger partial charge is 0.493 e. The molecule has 0 atom stereocenters. The van der Waals surface area contributed by atoms with E-state index in [9.17, 15) is 4.79 Å². The third-order valence-electron chi connectivity index (χ3n) is 7.26. The zero-order chi connectivity index (χ0) is 25.6. The van der Waals surface area contributed by atoms with E-state index in [2.05, 4.69) is 22.3 Å². The van der Waals surface area contributed by atoms with E-state index in [0.717, 1.165) is 78.6 Å². The summed E-state index contributed by atoms with van der Waals surface area (Å²) < 4.78 is 16.8. The van der Waals surface area contributed by atoms with Crippen LogP contribution in [-0.2, 0) is 11.3 Å². The lowest BCUT2D eigenvalue weighted by Crippen LogP contribution is -2.34. The van der Waals surface area contributed by atoms with Crippen LogP contribution >= 0.6 is 0 Å². The van der Waals surface area contributed by atoms with Crippen molar-refractivity contribution in [3.8, 4) is 23.0 Å². The SMILES string of the molecule is COc1ccc(CN2CCC(CCNC(=O)C=C3c4ccccc4Oc4ccccc43)CC2)cc1OC. The van der Waals surface area contributed by atoms with Gasteiger partial charge in [-0.3, -0.25) is 9.69 Å². The molecule has 0 spiro atoms. The number of amides is 1. The number of nitrogens with one attached hydrogen (secondary N) is 1. The van der Waals surface area contributed by atoms with Crippen LogP contribution in [0.15, 0.2) is 72.8 Å². The summed E-state index contributed by atoms with van der Waals surface area (Å²) in [7, 11) is 3.33. The normalized spacial score (nSPS) is 15.2. The zero-order valence-electron chi connectivity index (χ0n) is 21.5. The molecule has 2 aliphatic rings. The number of para-hydroxylation sites is 2. The van der Waals surface area contributed by atoms with Gasteiger partial charge in [0, 0.05) is 35.9 Å². The van der Waals surface area contributed by atoms with Gasteiger partial charge in [0.05, 0.1) is 14.2 Å². The molecule has 1 fully saturated rings. The van der Waals surface area contributed by atoms with Gasteiger partial charge in [-0.05, 0) is 68.1 Å². The van der Waals surface area contributed by atoms with Gasteiger partial charge in [0.1, 0.15) is 11.5 Å². The van der Waals surface area contributed by atoms with Crippen molar-refractivity contribution in [2.24, 2.45) is 5.92 Å². The van der Waals surface area contributed by atoms with Crippen LogP contribution in [0.25, 0.3) is 5.57 Å². The highest BCUT2D eigenvalue weighted by atomic mass is 16.5. The predicted molar refractivity (Wildman–Crippen MR) is 145 cm³/mol. The second kappa shape index (κ2) is 11.5. The molecule has 0 saturated carbocycles. The standard InChI is InChI=1S/C31H34N2O4/c1-35-29-12-11-23(19-30(29)36-2)21-33-17-14-22(15-18-33)13-16-32-31(34)20-26-24-7-3-5-9-27(24)37-28-10-6-4-8-25(26)28/h3-12,19-20,22H,13-18,21H2,1-2H3,(H,32,34). The van der Waals surface area contributed by atoms with Crippen molar-refractivity contribution in [2.45, 2.75) is 25.8 Å². The number of benzene rings is 3. The van der Waals surface area contributed by atoms with Gasteiger partial charge in [-0.2, -0.15) is 0 Å². The van der Waals surface area contributed by atoms with Crippen LogP contribution in [0.5, 0.6) is 23.0 Å². The average molecular weight is 499 g/mol. The number of ether oxygens (including phenoxy) is 3. The van der Waals surface area contributed by atoms with Crippen molar-refractivity contribution < 1.29 is 19.0 Å². The molecule has 0 aromatic heterocycles. The molecule has 6 nitrogen and oxygen atoms in total. The summed E-state index contributed by atoms with van der Waals surface area (Å²) in [5.41, 5.74) is 4.02. The van der Waals surface area contributed by atoms with Gasteiger partial charge >= 0.3 is 0 Å². The lowest BCUT2D eigenvalue weighted by molar-refractivity contribution is -0.116. The Kier molecular flexibility index (Phi) is 7.76. The Morgan fingerprint density at radius 2 is 1.59 bits per heavy atom. The highest BCUT2D eigenvalue weighted by molar-refractivity contribution is 6.01. The van der Waals surface area contributed by atoms with E-state index in [-0.39, 0.29) is 5.91 Å². The molecule has 1 saturated heterocycles. The summed E-state index contributed by atoms with van der Waals surface area (Å²) in [4.78, 5) is 15.4. The highest BCUT2D eigenvalue weighted by Crippen LogP contribution is 2.43. The Bertz CT molecular complexity index is 1230. The predicted octanol–water partition coefficient (Wildman–Crippen LogP) is 5.66. The molecule has 1 amide bonds. The Morgan fingerprint density at radius 1 is 0.946 bits per heavy atom. The first-order chi connectivity index (χ1) is 18.1. The second-order valence-electron chi connectivity index (χ2n) is 9.64. The Morgan fingerprint density at radius 3 is 2.24 bits per heavy atom. The van der Waals surface area contributed by atoms with Crippen molar-refractivity contribution in [2.75, 3.05) is 33.9 Å². The maximum absolute atomic E-state index is 12.9. The quantitative estimate of drug-likeness (QED) is 0.318. The van der Waals surface area contributed by atoms with Gasteiger partial charge in [0.15, 0.2) is 11.5 Å². The van der Waals surface area contributed by atoms with Crippen LogP contribution in [0, 0.1) is 5.92 Å². The molecule has 3 aromatic rings. The van der Waals surface area contributed by atoms with Crippen LogP contribution < -0.4 is 19.5 Å². The minimum Gasteiger partial charge on any atom is -0.493 e. The number of rotatable bonds is 8. The maximum atomic E-state index is 12.9. The maximum Gasteiger partial charge on any atom is 0.244 e. The van der Waals surface area contributed by atoms with Gasteiger partial charge in [-0.25, -0.2) is 0 Å². The van der Waals surface area contributed by atoms with Crippen molar-refractivity contribution in [1.82, 2.24) is 10.2 Å². The first kappa shape index (κ1) is 24.9. The first-order valence-corrected chi connectivity index (χ1v) is 12.9. The molecule has 192 valence electrons. The Hall–Kier alpha value is -3.77. The van der Waals surface area contributed by atoms with E-state index >= 15 is 0 Å². The third kappa shape index (κ3) is 5.81. The molecule has 0 aliphatic carbocycles. The molecular formula is C31H34N2O4. The van der Waals surface area contributed by atoms with E-state index in [1.54, 1.807) is 20.3 Å². The number of carbonyl (C=O) groups is 1. The molecule has 1 N–H and O–H groups in total. The minimum absolute atomic E-state index is 0.0626. The molecule has 5 rings (SSSR count). The van der Waals surface area contributed by atoms with Crippen molar-refractivity contribution >= 4 is 11.5 Å². The molecule has 37 heavy (non-hydrogen) atoms. The molecule has 0 bridgehead atoms. The number of piperidine rings is 1. The third-order valence-corrected chi connectivity index (χ3v) is 7.26. The summed E-state index contributed by atoms with van der Waals surface area (Å²) in [6, 6.07) is 21.8. The molecule has 2 aliphatic heterocycles. The number of hydrogen-bond donors (Lipinski definition) is 1. The molecule has 0 unspecified atom stereocenters. The number of likely N-dealkylation sites (tertiary alicyclic amines) is 1. The average Bonchev–Trinajstić information content (AvgIpc) is 2.93. The van der Waals surface area contributed by atoms with E-state index in [1.807, 2.05) is 54.6 Å². The molecular weight excluding hydrogens is 464 g/mol. The fraction of sp³-hybridized carbons (Fsp3) is 0.323. The summed E-state index contributed by atoms with van der Waals surface area (Å²) >= 11 is 0. The Labute approximate surface area is 218 Å². The van der Waals surface area contributed by atoms with Gasteiger partial charge in [0.2, 0.25) is 5.91 Å². The van der Waals surface area contributed by atoms with Crippen molar-refractivity contribution in [3.63, 3.8) is 0 Å². The number of fused-ring (bicyclic) bond motifs is 2. The van der Waals surface area contributed by atoms with Crippen LogP contribution in [0.3, 0.4) is 0 Å². The van der Waals surface area contributed by atoms with Crippen LogP contribution in [0.1, 0.15) is 36.0 Å². The molecule has 2 heterocycles. The van der Waals surface area contributed by atoms with Crippen molar-refractivity contribution in [3.05, 3.63) is 89.5 Å². The topological polar surface area (TPSA) is 60.0 Å². The van der Waals surface area contributed by atoms with Crippen LogP contribution in [0.2, 0.25) is 0 Å². The summed E-state index contributed by atoms with van der Waals surface area (Å²) in [6.07, 6.45) is 4.99. The van der Waals surface area contributed by atoms with Gasteiger partial charge in [-0.15, -0.1) is 0 Å². The molecule has 6 heteroatoms.